The fourth-order valence-corrected chi connectivity index (χ4v) is 5.74. The molecule has 2 aromatic heterocycles. The Bertz CT molecular complexity index is 1450. The molecule has 172 valence electrons. The van der Waals surface area contributed by atoms with Crippen molar-refractivity contribution in [2.24, 2.45) is 7.05 Å². The summed E-state index contributed by atoms with van der Waals surface area (Å²) in [6.45, 7) is 0. The maximum atomic E-state index is 14.0. The maximum Gasteiger partial charge on any atom is 0.254 e. The number of halogens is 3. The van der Waals surface area contributed by atoms with Crippen LogP contribution in [0.2, 0.25) is 5.15 Å². The number of aromatic nitrogens is 3. The van der Waals surface area contributed by atoms with E-state index in [2.05, 4.69) is 4.98 Å². The van der Waals surface area contributed by atoms with Gasteiger partial charge in [0.25, 0.3) is 5.91 Å². The minimum Gasteiger partial charge on any atom is -0.327 e. The average Bonchev–Trinajstić information content (AvgIpc) is 3.12. The Morgan fingerprint density at radius 3 is 2.65 bits per heavy atom. The van der Waals surface area contributed by atoms with E-state index in [1.54, 1.807) is 23.9 Å². The molecule has 2 bridgehead atoms. The lowest BCUT2D eigenvalue weighted by molar-refractivity contribution is 0.0392. The van der Waals surface area contributed by atoms with Crippen LogP contribution in [-0.4, -0.2) is 31.6 Å². The van der Waals surface area contributed by atoms with Gasteiger partial charge in [-0.15, -0.1) is 0 Å². The van der Waals surface area contributed by atoms with Crippen LogP contribution in [0.3, 0.4) is 0 Å². The SMILES string of the molecule is Cn1nc2c(c1-c1cc(F)cc(F)c1)CC1CCCC2N1C(=O)c1ccc2nc(Cl)ccc2c1. The number of aryl methyl sites for hydroxylation is 1. The summed E-state index contributed by atoms with van der Waals surface area (Å²) in [5.74, 6) is -1.28. The lowest BCUT2D eigenvalue weighted by Gasteiger charge is -2.45. The molecule has 1 fully saturated rings. The van der Waals surface area contributed by atoms with Crippen LogP contribution in [0.15, 0.2) is 48.5 Å². The highest BCUT2D eigenvalue weighted by molar-refractivity contribution is 6.29. The second kappa shape index (κ2) is 7.87. The predicted octanol–water partition coefficient (Wildman–Crippen LogP) is 5.86. The average molecular weight is 479 g/mol. The standard InChI is InChI=1S/C26H21ClF2N4O/c1-32-25(16-10-17(28)12-18(29)11-16)20-13-19-3-2-4-22(24(20)31-32)33(19)26(34)15-5-7-21-14(9-15)6-8-23(27)30-21/h5-12,19,22H,2-4,13H2,1H3. The molecule has 0 spiro atoms. The smallest absolute Gasteiger partial charge is 0.254 e. The van der Waals surface area contributed by atoms with Crippen LogP contribution in [0.4, 0.5) is 8.78 Å². The number of piperidine rings is 1. The molecule has 0 radical (unpaired) electrons. The van der Waals surface area contributed by atoms with Crippen LogP contribution in [0, 0.1) is 11.6 Å². The Morgan fingerprint density at radius 1 is 1.06 bits per heavy atom. The van der Waals surface area contributed by atoms with E-state index in [1.807, 2.05) is 23.1 Å². The van der Waals surface area contributed by atoms with E-state index in [0.717, 1.165) is 47.5 Å². The van der Waals surface area contributed by atoms with Gasteiger partial charge in [0.1, 0.15) is 16.8 Å². The summed E-state index contributed by atoms with van der Waals surface area (Å²) in [4.78, 5) is 20.0. The molecule has 2 unspecified atom stereocenters. The van der Waals surface area contributed by atoms with Crippen LogP contribution in [0.25, 0.3) is 22.2 Å². The van der Waals surface area contributed by atoms with Crippen LogP contribution >= 0.6 is 11.6 Å². The van der Waals surface area contributed by atoms with Gasteiger partial charge in [0.2, 0.25) is 0 Å². The van der Waals surface area contributed by atoms with Gasteiger partial charge in [0.05, 0.1) is 22.9 Å². The van der Waals surface area contributed by atoms with Gasteiger partial charge in [-0.25, -0.2) is 13.8 Å². The van der Waals surface area contributed by atoms with E-state index in [0.29, 0.717) is 28.4 Å². The van der Waals surface area contributed by atoms with Crippen molar-refractivity contribution < 1.29 is 13.6 Å². The van der Waals surface area contributed by atoms with Gasteiger partial charge >= 0.3 is 0 Å². The molecule has 0 N–H and O–H groups in total. The minimum atomic E-state index is -0.621. The largest absolute Gasteiger partial charge is 0.327 e. The number of hydrogen-bond donors (Lipinski definition) is 0. The zero-order valence-electron chi connectivity index (χ0n) is 18.4. The number of pyridine rings is 1. The molecular formula is C26H21ClF2N4O. The van der Waals surface area contributed by atoms with Gasteiger partial charge in [-0.3, -0.25) is 9.48 Å². The van der Waals surface area contributed by atoms with Gasteiger partial charge in [-0.05, 0) is 68.1 Å². The number of carbonyl (C=O) groups excluding carboxylic acids is 1. The zero-order valence-corrected chi connectivity index (χ0v) is 19.2. The Balaban J connectivity index is 1.41. The quantitative estimate of drug-likeness (QED) is 0.339. The van der Waals surface area contributed by atoms with Gasteiger partial charge in [-0.1, -0.05) is 11.6 Å². The third-order valence-electron chi connectivity index (χ3n) is 6.95. The molecule has 2 aliphatic rings. The highest BCUT2D eigenvalue weighted by Gasteiger charge is 2.43. The molecule has 5 nitrogen and oxygen atoms in total. The first kappa shape index (κ1) is 21.2. The van der Waals surface area contributed by atoms with Crippen molar-refractivity contribution in [1.29, 1.82) is 0 Å². The third kappa shape index (κ3) is 3.38. The van der Waals surface area contributed by atoms with Gasteiger partial charge < -0.3 is 4.90 Å². The Morgan fingerprint density at radius 2 is 1.85 bits per heavy atom. The molecule has 0 aliphatic carbocycles. The Labute approximate surface area is 200 Å². The molecule has 4 heterocycles. The molecule has 2 atom stereocenters. The molecule has 8 heteroatoms. The monoisotopic (exact) mass is 478 g/mol. The van der Waals surface area contributed by atoms with E-state index >= 15 is 0 Å². The molecule has 1 amide bonds. The van der Waals surface area contributed by atoms with Crippen molar-refractivity contribution in [1.82, 2.24) is 19.7 Å². The maximum absolute atomic E-state index is 14.0. The molecule has 0 saturated carbocycles. The van der Waals surface area contributed by atoms with Crippen molar-refractivity contribution in [3.63, 3.8) is 0 Å². The van der Waals surface area contributed by atoms with E-state index in [1.165, 1.54) is 12.1 Å². The van der Waals surface area contributed by atoms with Crippen molar-refractivity contribution in [3.05, 3.63) is 82.1 Å². The van der Waals surface area contributed by atoms with Gasteiger partial charge in [-0.2, -0.15) is 5.10 Å². The zero-order chi connectivity index (χ0) is 23.6. The number of rotatable bonds is 2. The van der Waals surface area contributed by atoms with E-state index in [-0.39, 0.29) is 18.0 Å². The molecule has 34 heavy (non-hydrogen) atoms. The van der Waals surface area contributed by atoms with Crippen LogP contribution in [-0.2, 0) is 13.5 Å². The minimum absolute atomic E-state index is 0.000791. The summed E-state index contributed by atoms with van der Waals surface area (Å²) in [6, 6.07) is 12.4. The Hall–Kier alpha value is -3.32. The highest BCUT2D eigenvalue weighted by Crippen LogP contribution is 2.45. The topological polar surface area (TPSA) is 51.0 Å². The van der Waals surface area contributed by atoms with Crippen LogP contribution in [0.5, 0.6) is 0 Å². The second-order valence-corrected chi connectivity index (χ2v) is 9.44. The lowest BCUT2D eigenvalue weighted by atomic mass is 9.81. The molecule has 1 saturated heterocycles. The van der Waals surface area contributed by atoms with Gasteiger partial charge in [0, 0.05) is 41.2 Å². The summed E-state index contributed by atoms with van der Waals surface area (Å²) in [6.07, 6.45) is 3.27. The normalized spacial score (nSPS) is 19.4. The van der Waals surface area contributed by atoms with Crippen LogP contribution < -0.4 is 0 Å². The van der Waals surface area contributed by atoms with E-state index in [9.17, 15) is 13.6 Å². The predicted molar refractivity (Wildman–Crippen MR) is 126 cm³/mol. The number of amides is 1. The van der Waals surface area contributed by atoms with E-state index < -0.39 is 11.6 Å². The summed E-state index contributed by atoms with van der Waals surface area (Å²) in [7, 11) is 1.79. The first-order valence-corrected chi connectivity index (χ1v) is 11.7. The fraction of sp³-hybridized carbons (Fsp3) is 0.269. The molecule has 4 aromatic rings. The summed E-state index contributed by atoms with van der Waals surface area (Å²) in [5, 5.41) is 6.01. The first-order valence-electron chi connectivity index (χ1n) is 11.3. The molecule has 6 rings (SSSR count). The molecular weight excluding hydrogens is 458 g/mol. The molecule has 2 aromatic carbocycles. The summed E-state index contributed by atoms with van der Waals surface area (Å²) >= 11 is 5.99. The number of carbonyl (C=O) groups is 1. The summed E-state index contributed by atoms with van der Waals surface area (Å²) in [5.41, 5.74) is 4.31. The third-order valence-corrected chi connectivity index (χ3v) is 7.16. The van der Waals surface area contributed by atoms with Crippen LogP contribution in [0.1, 0.15) is 46.9 Å². The van der Waals surface area contributed by atoms with E-state index in [4.69, 9.17) is 16.7 Å². The lowest BCUT2D eigenvalue weighted by Crippen LogP contribution is -2.49. The second-order valence-electron chi connectivity index (χ2n) is 9.05. The Kier molecular flexibility index (Phi) is 4.92. The number of nitrogens with zero attached hydrogens (tertiary/aromatic N) is 4. The molecule has 2 aliphatic heterocycles. The van der Waals surface area contributed by atoms with Crippen molar-refractivity contribution in [2.75, 3.05) is 0 Å². The number of hydrogen-bond acceptors (Lipinski definition) is 3. The van der Waals surface area contributed by atoms with Gasteiger partial charge in [0.15, 0.2) is 0 Å². The van der Waals surface area contributed by atoms with Crippen molar-refractivity contribution in [2.45, 2.75) is 37.8 Å². The van der Waals surface area contributed by atoms with Crippen molar-refractivity contribution in [3.8, 4) is 11.3 Å². The highest BCUT2D eigenvalue weighted by atomic mass is 35.5. The van der Waals surface area contributed by atoms with Crippen molar-refractivity contribution >= 4 is 28.4 Å². The summed E-state index contributed by atoms with van der Waals surface area (Å²) < 4.78 is 29.6. The number of benzene rings is 2. The fourth-order valence-electron chi connectivity index (χ4n) is 5.58. The number of fused-ring (bicyclic) bond motifs is 5. The first-order chi connectivity index (χ1) is 16.4.